The molecule has 9 rings (SSSR count). The summed E-state index contributed by atoms with van der Waals surface area (Å²) in [5.41, 5.74) is 3.68. The largest absolute Gasteiger partial charge is 2.00 e. The molecule has 8 fully saturated rings. The van der Waals surface area contributed by atoms with Crippen molar-refractivity contribution < 1.29 is 17.0 Å². The first-order valence-corrected chi connectivity index (χ1v) is 11.6. The molecule has 2 atom stereocenters. The molecule has 146 valence electrons. The van der Waals surface area contributed by atoms with Gasteiger partial charge < -0.3 is 17.0 Å². The summed E-state index contributed by atoms with van der Waals surface area (Å²) in [6.45, 7) is 0. The maximum absolute atomic E-state index is 3.28. The van der Waals surface area contributed by atoms with Crippen molar-refractivity contribution in [1.82, 2.24) is 0 Å². The van der Waals surface area contributed by atoms with Gasteiger partial charge in [-0.05, 0) is 123 Å². The predicted molar refractivity (Wildman–Crippen MR) is 110 cm³/mol. The van der Waals surface area contributed by atoms with Crippen LogP contribution in [0, 0.1) is 46.5 Å². The quantitative estimate of drug-likeness (QED) is 0.481. The van der Waals surface area contributed by atoms with Crippen molar-refractivity contribution in [2.24, 2.45) is 40.4 Å². The normalized spacial score (nSPS) is 52.2. The van der Waals surface area contributed by atoms with Crippen LogP contribution < -0.4 is 17.0 Å². The van der Waals surface area contributed by atoms with Crippen molar-refractivity contribution in [3.63, 3.8) is 0 Å². The summed E-state index contributed by atoms with van der Waals surface area (Å²) in [5.74, 6) is 5.39. The SMILES string of the molecule is [Br-].[Mg+2].[c-]1ccc(C23CC4CC(C2)CC(C25CC6CC(CC(C6)C2)C5)(C4)C3)cc1. The van der Waals surface area contributed by atoms with E-state index >= 15 is 0 Å². The molecule has 2 unspecified atom stereocenters. The van der Waals surface area contributed by atoms with Gasteiger partial charge in [-0.15, -0.1) is 0 Å². The Kier molecular flexibility index (Phi) is 4.90. The Morgan fingerprint density at radius 2 is 1.11 bits per heavy atom. The van der Waals surface area contributed by atoms with Gasteiger partial charge in [0.25, 0.3) is 0 Å². The maximum Gasteiger partial charge on any atom is 2.00 e. The van der Waals surface area contributed by atoms with Crippen LogP contribution in [0.2, 0.25) is 0 Å². The molecule has 0 amide bonds. The smallest absolute Gasteiger partial charge is 1.00 e. The van der Waals surface area contributed by atoms with Gasteiger partial charge in [0.2, 0.25) is 0 Å². The number of hydrogen-bond acceptors (Lipinski definition) is 0. The van der Waals surface area contributed by atoms with Crippen LogP contribution in [0.15, 0.2) is 24.3 Å². The predicted octanol–water partition coefficient (Wildman–Crippen LogP) is 3.16. The average molecular weight is 450 g/mol. The molecular weight excluding hydrogens is 416 g/mol. The maximum atomic E-state index is 3.28. The molecule has 1 aromatic carbocycles. The van der Waals surface area contributed by atoms with Gasteiger partial charge in [0.05, 0.1) is 0 Å². The molecule has 8 saturated carbocycles. The number of halogens is 1. The molecule has 0 aliphatic heterocycles. The Morgan fingerprint density at radius 1 is 0.643 bits per heavy atom. The van der Waals surface area contributed by atoms with E-state index in [1.54, 1.807) is 69.8 Å². The van der Waals surface area contributed by atoms with E-state index in [1.165, 1.54) is 12.8 Å². The molecule has 0 nitrogen and oxygen atoms in total. The van der Waals surface area contributed by atoms with E-state index in [0.29, 0.717) is 10.8 Å². The van der Waals surface area contributed by atoms with Crippen LogP contribution in [-0.4, -0.2) is 23.1 Å². The van der Waals surface area contributed by atoms with Crippen molar-refractivity contribution in [3.8, 4) is 0 Å². The van der Waals surface area contributed by atoms with Crippen molar-refractivity contribution in [3.05, 3.63) is 35.9 Å². The standard InChI is InChI=1S/C26H33.BrH.Mg/c1-2-4-23(5-3-1)24-10-21-9-22(11-24)16-26(15-21,17-24)25-12-18-6-19(13-25)8-20(7-18)14-25;;/h2-5,18-22H,6-17H2;1H;/q-1;;+2/p-1. The van der Waals surface area contributed by atoms with Crippen molar-refractivity contribution >= 4 is 23.1 Å². The molecule has 2 heteroatoms. The fraction of sp³-hybridized carbons (Fsp3) is 0.769. The molecule has 0 spiro atoms. The van der Waals surface area contributed by atoms with Crippen molar-refractivity contribution in [2.45, 2.75) is 82.5 Å². The van der Waals surface area contributed by atoms with E-state index in [0.717, 1.165) is 35.0 Å². The first-order valence-electron chi connectivity index (χ1n) is 11.6. The Morgan fingerprint density at radius 3 is 1.64 bits per heavy atom. The minimum atomic E-state index is 0. The van der Waals surface area contributed by atoms with Crippen LogP contribution in [0.4, 0.5) is 0 Å². The van der Waals surface area contributed by atoms with Gasteiger partial charge in [-0.1, -0.05) is 0 Å². The first kappa shape index (κ1) is 20.4. The van der Waals surface area contributed by atoms with Crippen LogP contribution in [0.3, 0.4) is 0 Å². The zero-order valence-corrected chi connectivity index (χ0v) is 20.3. The summed E-state index contributed by atoms with van der Waals surface area (Å²) >= 11 is 0. The van der Waals surface area contributed by atoms with Gasteiger partial charge in [-0.25, -0.2) is 0 Å². The second-order valence-corrected chi connectivity index (χ2v) is 12.0. The van der Waals surface area contributed by atoms with Gasteiger partial charge in [0, 0.05) is 0 Å². The molecule has 1 aromatic rings. The summed E-state index contributed by atoms with van der Waals surface area (Å²) in [7, 11) is 0. The number of rotatable bonds is 2. The van der Waals surface area contributed by atoms with Crippen LogP contribution >= 0.6 is 0 Å². The Balaban J connectivity index is 0.000000853. The Labute approximate surface area is 197 Å². The molecule has 0 heterocycles. The first-order chi connectivity index (χ1) is 12.7. The second kappa shape index (κ2) is 6.73. The van der Waals surface area contributed by atoms with Gasteiger partial charge >= 0.3 is 23.1 Å². The minimum absolute atomic E-state index is 0. The van der Waals surface area contributed by atoms with E-state index in [9.17, 15) is 0 Å². The Bertz CT molecular complexity index is 691. The van der Waals surface area contributed by atoms with E-state index < -0.39 is 0 Å². The number of hydrogen-bond donors (Lipinski definition) is 0. The van der Waals surface area contributed by atoms with Gasteiger partial charge in [0.1, 0.15) is 0 Å². The molecule has 0 radical (unpaired) electrons. The van der Waals surface area contributed by atoms with Gasteiger partial charge in [-0.3, -0.25) is 0 Å². The summed E-state index contributed by atoms with van der Waals surface area (Å²) in [6, 6.07) is 12.5. The second-order valence-electron chi connectivity index (χ2n) is 12.0. The van der Waals surface area contributed by atoms with Crippen LogP contribution in [-0.2, 0) is 5.41 Å². The van der Waals surface area contributed by atoms with E-state index in [-0.39, 0.29) is 40.0 Å². The third-order valence-electron chi connectivity index (χ3n) is 10.6. The topological polar surface area (TPSA) is 0 Å². The molecule has 8 aliphatic carbocycles. The van der Waals surface area contributed by atoms with Crippen LogP contribution in [0.5, 0.6) is 0 Å². The molecule has 28 heavy (non-hydrogen) atoms. The number of benzene rings is 1. The molecule has 0 saturated heterocycles. The zero-order chi connectivity index (χ0) is 17.0. The fourth-order valence-corrected chi connectivity index (χ4v) is 10.7. The molecule has 8 aliphatic rings. The van der Waals surface area contributed by atoms with Gasteiger partial charge in [0.15, 0.2) is 0 Å². The molecule has 0 N–H and O–H groups in total. The summed E-state index contributed by atoms with van der Waals surface area (Å²) in [4.78, 5) is 0. The molecule has 0 aromatic heterocycles. The molecular formula is C26H33BrMg. The summed E-state index contributed by atoms with van der Waals surface area (Å²) in [5, 5.41) is 0. The van der Waals surface area contributed by atoms with Gasteiger partial charge in [-0.2, -0.15) is 35.9 Å². The van der Waals surface area contributed by atoms with Crippen LogP contribution in [0.25, 0.3) is 0 Å². The fourth-order valence-electron chi connectivity index (χ4n) is 10.7. The minimum Gasteiger partial charge on any atom is -1.00 e. The third-order valence-corrected chi connectivity index (χ3v) is 10.6. The summed E-state index contributed by atoms with van der Waals surface area (Å²) in [6.07, 6.45) is 19.0. The van der Waals surface area contributed by atoms with Crippen LogP contribution in [0.1, 0.15) is 82.6 Å². The van der Waals surface area contributed by atoms with Crippen molar-refractivity contribution in [1.29, 1.82) is 0 Å². The van der Waals surface area contributed by atoms with E-state index in [2.05, 4.69) is 30.3 Å². The summed E-state index contributed by atoms with van der Waals surface area (Å²) < 4.78 is 0. The van der Waals surface area contributed by atoms with E-state index in [1.807, 2.05) is 0 Å². The average Bonchev–Trinajstić information content (AvgIpc) is 2.60. The zero-order valence-electron chi connectivity index (χ0n) is 17.3. The third kappa shape index (κ3) is 2.65. The molecule has 8 bridgehead atoms. The Hall–Kier alpha value is 0.466. The van der Waals surface area contributed by atoms with Crippen molar-refractivity contribution in [2.75, 3.05) is 0 Å². The van der Waals surface area contributed by atoms with E-state index in [4.69, 9.17) is 0 Å². The monoisotopic (exact) mass is 448 g/mol.